The molecule has 1 aromatic heterocycles. The molecule has 0 atom stereocenters. The molecule has 0 fully saturated rings. The van der Waals surface area contributed by atoms with E-state index < -0.39 is 0 Å². The van der Waals surface area contributed by atoms with E-state index in [0.717, 1.165) is 0 Å². The Bertz CT molecular complexity index is 408. The smallest absolute Gasteiger partial charge is 0.234 e. The van der Waals surface area contributed by atoms with E-state index in [9.17, 15) is 0 Å². The Kier molecular flexibility index (Phi) is 13.8. The van der Waals surface area contributed by atoms with Gasteiger partial charge in [0, 0.05) is 6.42 Å². The van der Waals surface area contributed by atoms with Crippen LogP contribution in [-0.4, -0.2) is 4.57 Å². The minimum Gasteiger partial charge on any atom is -0.234 e. The van der Waals surface area contributed by atoms with Crippen LogP contribution in [0.3, 0.4) is 0 Å². The van der Waals surface area contributed by atoms with Crippen LogP contribution < -0.4 is 4.57 Å². The molecule has 1 heterocycles. The van der Waals surface area contributed by atoms with E-state index in [1.807, 2.05) is 0 Å². The first-order valence-corrected chi connectivity index (χ1v) is 11.4. The first kappa shape index (κ1) is 22.3. The zero-order chi connectivity index (χ0) is 18.2. The highest BCUT2D eigenvalue weighted by atomic mass is 15.1. The summed E-state index contributed by atoms with van der Waals surface area (Å²) in [6, 6.07) is 0. The molecule has 0 aromatic carbocycles. The van der Waals surface area contributed by atoms with Crippen LogP contribution in [0.15, 0.2) is 12.4 Å². The normalized spacial score (nSPS) is 11.3. The molecule has 0 bridgehead atoms. The third kappa shape index (κ3) is 10.1. The van der Waals surface area contributed by atoms with Crippen LogP contribution in [0.5, 0.6) is 0 Å². The average molecular weight is 350 g/mol. The van der Waals surface area contributed by atoms with Gasteiger partial charge < -0.3 is 0 Å². The Balaban J connectivity index is 2.28. The lowest BCUT2D eigenvalue weighted by atomic mass is 10.1. The van der Waals surface area contributed by atoms with Crippen molar-refractivity contribution in [1.29, 1.82) is 0 Å². The molecule has 0 aliphatic rings. The van der Waals surface area contributed by atoms with Gasteiger partial charge in [-0.25, -0.2) is 9.13 Å². The van der Waals surface area contributed by atoms with Gasteiger partial charge in [-0.15, -0.1) is 0 Å². The molecule has 2 heteroatoms. The maximum absolute atomic E-state index is 2.54. The summed E-state index contributed by atoms with van der Waals surface area (Å²) in [4.78, 5) is 0. The first-order valence-electron chi connectivity index (χ1n) is 11.4. The van der Waals surface area contributed by atoms with Gasteiger partial charge >= 0.3 is 0 Å². The Hall–Kier alpha value is -0.790. The Morgan fingerprint density at radius 1 is 0.680 bits per heavy atom. The standard InChI is InChI=1S/C23H45N2/c1-4-7-10-11-12-13-14-15-17-20-25-22-21-24(19-16-8-5-2)23(25)18-9-6-3/h21-22H,4-20H2,1-3H3/q+1. The van der Waals surface area contributed by atoms with Gasteiger partial charge in [0.05, 0.1) is 13.1 Å². The van der Waals surface area contributed by atoms with Gasteiger partial charge in [0.15, 0.2) is 0 Å². The minimum atomic E-state index is 1.21. The van der Waals surface area contributed by atoms with Crippen LogP contribution in [0.4, 0.5) is 0 Å². The maximum atomic E-state index is 2.54. The van der Waals surface area contributed by atoms with Crippen LogP contribution >= 0.6 is 0 Å². The van der Waals surface area contributed by atoms with Crippen molar-refractivity contribution in [3.8, 4) is 0 Å². The van der Waals surface area contributed by atoms with Crippen molar-refractivity contribution in [2.75, 3.05) is 0 Å². The van der Waals surface area contributed by atoms with Gasteiger partial charge in [0.2, 0.25) is 0 Å². The van der Waals surface area contributed by atoms with Crippen molar-refractivity contribution in [2.45, 2.75) is 130 Å². The zero-order valence-corrected chi connectivity index (χ0v) is 17.6. The van der Waals surface area contributed by atoms with Crippen LogP contribution in [0.25, 0.3) is 0 Å². The molecule has 1 aromatic rings. The van der Waals surface area contributed by atoms with Gasteiger partial charge in [-0.2, -0.15) is 0 Å². The number of hydrogen-bond acceptors (Lipinski definition) is 0. The average Bonchev–Trinajstić information content (AvgIpc) is 3.00. The number of aromatic nitrogens is 2. The molecule has 0 unspecified atom stereocenters. The molecule has 0 radical (unpaired) electrons. The van der Waals surface area contributed by atoms with Crippen molar-refractivity contribution in [3.05, 3.63) is 18.2 Å². The largest absolute Gasteiger partial charge is 0.256 e. The van der Waals surface area contributed by atoms with Crippen LogP contribution in [0.1, 0.15) is 116 Å². The predicted octanol–water partition coefficient (Wildman–Crippen LogP) is 6.84. The van der Waals surface area contributed by atoms with E-state index >= 15 is 0 Å². The van der Waals surface area contributed by atoms with Gasteiger partial charge in [-0.3, -0.25) is 0 Å². The number of rotatable bonds is 17. The fraction of sp³-hybridized carbons (Fsp3) is 0.870. The molecule has 0 spiro atoms. The lowest BCUT2D eigenvalue weighted by Gasteiger charge is -2.06. The molecule has 0 amide bonds. The van der Waals surface area contributed by atoms with E-state index in [4.69, 9.17) is 0 Å². The molecule has 146 valence electrons. The summed E-state index contributed by atoms with van der Waals surface area (Å²) in [5.74, 6) is 1.57. The summed E-state index contributed by atoms with van der Waals surface area (Å²) in [6.45, 7) is 9.31. The summed E-state index contributed by atoms with van der Waals surface area (Å²) in [7, 11) is 0. The summed E-state index contributed by atoms with van der Waals surface area (Å²) in [6.07, 6.45) is 25.2. The molecule has 0 saturated heterocycles. The molecule has 2 nitrogen and oxygen atoms in total. The zero-order valence-electron chi connectivity index (χ0n) is 17.6. The van der Waals surface area contributed by atoms with Crippen molar-refractivity contribution in [2.24, 2.45) is 0 Å². The monoisotopic (exact) mass is 349 g/mol. The van der Waals surface area contributed by atoms with Crippen LogP contribution in [0.2, 0.25) is 0 Å². The number of imidazole rings is 1. The molecule has 0 aliphatic heterocycles. The summed E-state index contributed by atoms with van der Waals surface area (Å²) < 4.78 is 5.07. The van der Waals surface area contributed by atoms with E-state index in [1.165, 1.54) is 109 Å². The van der Waals surface area contributed by atoms with Gasteiger partial charge in [-0.05, 0) is 32.1 Å². The predicted molar refractivity (Wildman–Crippen MR) is 110 cm³/mol. The van der Waals surface area contributed by atoms with Gasteiger partial charge in [0.1, 0.15) is 12.4 Å². The second-order valence-electron chi connectivity index (χ2n) is 7.74. The van der Waals surface area contributed by atoms with E-state index in [-0.39, 0.29) is 0 Å². The highest BCUT2D eigenvalue weighted by Gasteiger charge is 2.15. The second kappa shape index (κ2) is 15.5. The lowest BCUT2D eigenvalue weighted by molar-refractivity contribution is -0.704. The van der Waals surface area contributed by atoms with Crippen molar-refractivity contribution in [3.63, 3.8) is 0 Å². The van der Waals surface area contributed by atoms with Crippen molar-refractivity contribution < 1.29 is 4.57 Å². The third-order valence-electron chi connectivity index (χ3n) is 5.35. The van der Waals surface area contributed by atoms with Crippen LogP contribution in [0, 0.1) is 0 Å². The van der Waals surface area contributed by atoms with E-state index in [2.05, 4.69) is 42.3 Å². The minimum absolute atomic E-state index is 1.21. The summed E-state index contributed by atoms with van der Waals surface area (Å²) in [5, 5.41) is 0. The highest BCUT2D eigenvalue weighted by molar-refractivity contribution is 4.84. The van der Waals surface area contributed by atoms with Crippen molar-refractivity contribution in [1.82, 2.24) is 4.57 Å². The van der Waals surface area contributed by atoms with E-state index in [0.29, 0.717) is 0 Å². The van der Waals surface area contributed by atoms with Crippen LogP contribution in [-0.2, 0) is 19.5 Å². The molecular formula is C23H45N2+. The molecule has 0 aliphatic carbocycles. The maximum Gasteiger partial charge on any atom is 0.256 e. The third-order valence-corrected chi connectivity index (χ3v) is 5.35. The molecule has 0 saturated carbocycles. The van der Waals surface area contributed by atoms with E-state index in [1.54, 1.807) is 5.82 Å². The summed E-state index contributed by atoms with van der Waals surface area (Å²) in [5.41, 5.74) is 0. The first-order chi connectivity index (χ1) is 12.3. The SMILES string of the molecule is CCCCCCCCCCCn1cc[n+](CCCCC)c1CCCC. The molecule has 1 rings (SSSR count). The second-order valence-corrected chi connectivity index (χ2v) is 7.74. The van der Waals surface area contributed by atoms with Gasteiger partial charge in [0.25, 0.3) is 5.82 Å². The highest BCUT2D eigenvalue weighted by Crippen LogP contribution is 2.11. The van der Waals surface area contributed by atoms with Crippen molar-refractivity contribution >= 4 is 0 Å². The number of nitrogens with zero attached hydrogens (tertiary/aromatic N) is 2. The number of unbranched alkanes of at least 4 members (excludes halogenated alkanes) is 11. The molecule has 25 heavy (non-hydrogen) atoms. The molecule has 0 N–H and O–H groups in total. The summed E-state index contributed by atoms with van der Waals surface area (Å²) >= 11 is 0. The Morgan fingerprint density at radius 3 is 1.88 bits per heavy atom. The lowest BCUT2D eigenvalue weighted by Crippen LogP contribution is -2.37. The Morgan fingerprint density at radius 2 is 1.24 bits per heavy atom. The Labute approximate surface area is 158 Å². The topological polar surface area (TPSA) is 8.81 Å². The quantitative estimate of drug-likeness (QED) is 0.215. The molecular weight excluding hydrogens is 304 g/mol. The van der Waals surface area contributed by atoms with Gasteiger partial charge in [-0.1, -0.05) is 78.6 Å². The fourth-order valence-corrected chi connectivity index (χ4v) is 3.65. The number of aryl methyl sites for hydroxylation is 2. The fourth-order valence-electron chi connectivity index (χ4n) is 3.65. The number of hydrogen-bond donors (Lipinski definition) is 0.